The lowest BCUT2D eigenvalue weighted by Gasteiger charge is -2.32. The first-order valence-corrected chi connectivity index (χ1v) is 9.46. The zero-order valence-corrected chi connectivity index (χ0v) is 16.8. The van der Waals surface area contributed by atoms with Crippen LogP contribution in [-0.2, 0) is 6.42 Å². The molecule has 5 heteroatoms. The molecule has 1 aromatic rings. The molecule has 0 bridgehead atoms. The third-order valence-corrected chi connectivity index (χ3v) is 5.59. The number of fused-ring (bicyclic) bond motifs is 1. The van der Waals surface area contributed by atoms with Crippen molar-refractivity contribution in [3.8, 4) is 0 Å². The molecule has 1 aliphatic carbocycles. The summed E-state index contributed by atoms with van der Waals surface area (Å²) in [6.45, 7) is 10.4. The Morgan fingerprint density at radius 3 is 2.88 bits per heavy atom. The summed E-state index contributed by atoms with van der Waals surface area (Å²) in [5.74, 6) is 0.882. The van der Waals surface area contributed by atoms with Crippen LogP contribution in [0.15, 0.2) is 59.1 Å². The van der Waals surface area contributed by atoms with Crippen molar-refractivity contribution in [1.82, 2.24) is 14.9 Å². The first-order valence-electron chi connectivity index (χ1n) is 8.94. The highest BCUT2D eigenvalue weighted by molar-refractivity contribution is 7.80. The van der Waals surface area contributed by atoms with E-state index in [-0.39, 0.29) is 5.37 Å². The molecule has 1 aliphatic heterocycles. The number of likely N-dealkylation sites (N-methyl/N-ethyl adjacent to an activating group) is 1. The van der Waals surface area contributed by atoms with E-state index in [1.165, 1.54) is 16.7 Å². The quantitative estimate of drug-likeness (QED) is 0.627. The molecule has 1 atom stereocenters. The predicted molar refractivity (Wildman–Crippen MR) is 113 cm³/mol. The highest BCUT2D eigenvalue weighted by Gasteiger charge is 2.24. The van der Waals surface area contributed by atoms with Gasteiger partial charge in [-0.1, -0.05) is 19.6 Å². The van der Waals surface area contributed by atoms with Gasteiger partial charge in [0.25, 0.3) is 0 Å². The van der Waals surface area contributed by atoms with Gasteiger partial charge in [-0.15, -0.1) is 5.10 Å². The number of amidine groups is 1. The fourth-order valence-corrected chi connectivity index (χ4v) is 3.40. The van der Waals surface area contributed by atoms with Gasteiger partial charge < -0.3 is 4.90 Å². The van der Waals surface area contributed by atoms with E-state index in [1.54, 1.807) is 0 Å². The largest absolute Gasteiger partial charge is 0.347 e. The Balaban J connectivity index is 1.92. The maximum atomic E-state index is 4.85. The van der Waals surface area contributed by atoms with Gasteiger partial charge in [0.1, 0.15) is 5.84 Å². The van der Waals surface area contributed by atoms with Gasteiger partial charge in [-0.05, 0) is 61.3 Å². The third-order valence-electron chi connectivity index (χ3n) is 4.88. The Labute approximate surface area is 161 Å². The summed E-state index contributed by atoms with van der Waals surface area (Å²) in [6.07, 6.45) is 12.0. The van der Waals surface area contributed by atoms with Crippen molar-refractivity contribution in [3.63, 3.8) is 0 Å². The van der Waals surface area contributed by atoms with Crippen LogP contribution in [0.3, 0.4) is 0 Å². The molecule has 0 radical (unpaired) electrons. The van der Waals surface area contributed by atoms with Crippen molar-refractivity contribution < 1.29 is 0 Å². The molecule has 26 heavy (non-hydrogen) atoms. The standard InChI is InChI=1S/C21H26N4S/c1-6-19(17-12-16-10-11-22-15(4)18(16)13-17)25-14(3)8-9-20(23-25)24(5)21(26)7-2/h6,8-11,13,21,26H,3,7,12H2,1-2,4-5H3/b19-6-. The summed E-state index contributed by atoms with van der Waals surface area (Å²) >= 11 is 4.63. The van der Waals surface area contributed by atoms with Crippen LogP contribution in [-0.4, -0.2) is 33.1 Å². The van der Waals surface area contributed by atoms with Crippen molar-refractivity contribution in [2.24, 2.45) is 5.10 Å². The summed E-state index contributed by atoms with van der Waals surface area (Å²) < 4.78 is 0. The highest BCUT2D eigenvalue weighted by Crippen LogP contribution is 2.34. The van der Waals surface area contributed by atoms with Gasteiger partial charge in [0.2, 0.25) is 0 Å². The zero-order chi connectivity index (χ0) is 18.8. The van der Waals surface area contributed by atoms with E-state index in [4.69, 9.17) is 5.10 Å². The van der Waals surface area contributed by atoms with Gasteiger partial charge in [-0.2, -0.15) is 12.6 Å². The summed E-state index contributed by atoms with van der Waals surface area (Å²) in [5.41, 5.74) is 6.76. The lowest BCUT2D eigenvalue weighted by atomic mass is 10.1. The Hall–Kier alpha value is -2.27. The molecule has 1 unspecified atom stereocenters. The van der Waals surface area contributed by atoms with Gasteiger partial charge in [-0.3, -0.25) is 4.98 Å². The van der Waals surface area contributed by atoms with Crippen LogP contribution in [0.25, 0.3) is 6.08 Å². The Kier molecular flexibility index (Phi) is 5.37. The van der Waals surface area contributed by atoms with E-state index in [0.29, 0.717) is 0 Å². The third kappa shape index (κ3) is 3.36. The number of thiol groups is 1. The molecule has 0 amide bonds. The average molecular weight is 367 g/mol. The monoisotopic (exact) mass is 366 g/mol. The Morgan fingerprint density at radius 2 is 2.23 bits per heavy atom. The van der Waals surface area contributed by atoms with Gasteiger partial charge in [-0.25, -0.2) is 5.01 Å². The summed E-state index contributed by atoms with van der Waals surface area (Å²) in [6, 6.07) is 2.10. The molecule has 0 saturated carbocycles. The number of hydrogen-bond acceptors (Lipinski definition) is 5. The lowest BCUT2D eigenvalue weighted by molar-refractivity contribution is 0.420. The minimum Gasteiger partial charge on any atom is -0.347 e. The van der Waals surface area contributed by atoms with Crippen LogP contribution >= 0.6 is 12.6 Å². The second-order valence-electron chi connectivity index (χ2n) is 6.58. The Morgan fingerprint density at radius 1 is 1.46 bits per heavy atom. The molecule has 0 spiro atoms. The first-order chi connectivity index (χ1) is 12.5. The maximum absolute atomic E-state index is 4.85. The number of nitrogens with zero attached hydrogens (tertiary/aromatic N) is 4. The number of hydrazone groups is 1. The van der Waals surface area contributed by atoms with Crippen molar-refractivity contribution in [2.45, 2.75) is 39.0 Å². The van der Waals surface area contributed by atoms with Crippen LogP contribution in [0, 0.1) is 6.92 Å². The molecule has 136 valence electrons. The van der Waals surface area contributed by atoms with Gasteiger partial charge in [0.05, 0.1) is 16.8 Å². The molecule has 0 N–H and O–H groups in total. The van der Waals surface area contributed by atoms with E-state index >= 15 is 0 Å². The van der Waals surface area contributed by atoms with E-state index in [2.05, 4.69) is 61.2 Å². The zero-order valence-electron chi connectivity index (χ0n) is 15.9. The molecule has 2 aliphatic rings. The minimum atomic E-state index is 0.129. The number of pyridine rings is 1. The van der Waals surface area contributed by atoms with Gasteiger partial charge in [0, 0.05) is 25.4 Å². The van der Waals surface area contributed by atoms with E-state index in [9.17, 15) is 0 Å². The fourth-order valence-electron chi connectivity index (χ4n) is 3.29. The molecule has 0 aromatic carbocycles. The molecular formula is C21H26N4S. The van der Waals surface area contributed by atoms with Gasteiger partial charge in [0.15, 0.2) is 0 Å². The molecule has 4 nitrogen and oxygen atoms in total. The van der Waals surface area contributed by atoms with Gasteiger partial charge >= 0.3 is 0 Å². The van der Waals surface area contributed by atoms with Crippen molar-refractivity contribution in [2.75, 3.05) is 7.05 Å². The van der Waals surface area contributed by atoms with E-state index < -0.39 is 0 Å². The second-order valence-corrected chi connectivity index (χ2v) is 7.18. The predicted octanol–water partition coefficient (Wildman–Crippen LogP) is 4.53. The lowest BCUT2D eigenvalue weighted by Crippen LogP contribution is -2.35. The maximum Gasteiger partial charge on any atom is 0.150 e. The molecule has 0 saturated heterocycles. The highest BCUT2D eigenvalue weighted by atomic mass is 32.1. The van der Waals surface area contributed by atoms with Crippen LogP contribution in [0.1, 0.15) is 37.1 Å². The minimum absolute atomic E-state index is 0.129. The molecule has 3 rings (SSSR count). The SMILES string of the molecule is C=C1C=CC(N(C)C(S)CC)=NN1/C(=C\C)C1=Cc2c(ccnc2C)C1. The number of rotatable bonds is 4. The van der Waals surface area contributed by atoms with Crippen LogP contribution in [0.4, 0.5) is 0 Å². The number of allylic oxidation sites excluding steroid dienone is 3. The summed E-state index contributed by atoms with van der Waals surface area (Å²) in [5, 5.41) is 6.91. The van der Waals surface area contributed by atoms with Crippen LogP contribution < -0.4 is 0 Å². The van der Waals surface area contributed by atoms with Crippen LogP contribution in [0.2, 0.25) is 0 Å². The van der Waals surface area contributed by atoms with Crippen molar-refractivity contribution in [1.29, 1.82) is 0 Å². The van der Waals surface area contributed by atoms with Crippen molar-refractivity contribution >= 4 is 24.5 Å². The van der Waals surface area contributed by atoms with Crippen LogP contribution in [0.5, 0.6) is 0 Å². The number of aromatic nitrogens is 1. The van der Waals surface area contributed by atoms with E-state index in [1.807, 2.05) is 37.3 Å². The molecule has 0 fully saturated rings. The smallest absolute Gasteiger partial charge is 0.150 e. The molecular weight excluding hydrogens is 340 g/mol. The molecule has 1 aromatic heterocycles. The number of aryl methyl sites for hydroxylation is 1. The van der Waals surface area contributed by atoms with Crippen molar-refractivity contribution in [3.05, 3.63) is 70.9 Å². The fraction of sp³-hybridized carbons (Fsp3) is 0.333. The average Bonchev–Trinajstić information content (AvgIpc) is 3.08. The summed E-state index contributed by atoms with van der Waals surface area (Å²) in [4.78, 5) is 6.49. The van der Waals surface area contributed by atoms with E-state index in [0.717, 1.165) is 35.8 Å². The normalized spacial score (nSPS) is 17.8. The topological polar surface area (TPSA) is 31.7 Å². The first kappa shape index (κ1) is 18.5. The second kappa shape index (κ2) is 7.54. The Bertz CT molecular complexity index is 848. The number of hydrogen-bond donors (Lipinski definition) is 1. The molecule has 2 heterocycles. The summed E-state index contributed by atoms with van der Waals surface area (Å²) in [7, 11) is 2.02.